The summed E-state index contributed by atoms with van der Waals surface area (Å²) >= 11 is 0. The summed E-state index contributed by atoms with van der Waals surface area (Å²) in [6, 6.07) is 15.9. The molecule has 2 bridgehead atoms. The molecule has 1 aromatic carbocycles. The second-order valence-corrected chi connectivity index (χ2v) is 8.53. The summed E-state index contributed by atoms with van der Waals surface area (Å²) in [6.45, 7) is 0. The van der Waals surface area contributed by atoms with Crippen molar-refractivity contribution in [1.29, 1.82) is 0 Å². The molecular formula is C24H23N5O. The van der Waals surface area contributed by atoms with E-state index in [1.807, 2.05) is 64.1 Å². The van der Waals surface area contributed by atoms with Crippen LogP contribution in [0.5, 0.6) is 0 Å². The fourth-order valence-electron chi connectivity index (χ4n) is 5.36. The number of anilines is 2. The second kappa shape index (κ2) is 6.83. The molecular weight excluding hydrogens is 374 g/mol. The van der Waals surface area contributed by atoms with Crippen molar-refractivity contribution in [3.05, 3.63) is 77.5 Å². The van der Waals surface area contributed by atoms with E-state index in [0.717, 1.165) is 40.4 Å². The Morgan fingerprint density at radius 2 is 1.93 bits per heavy atom. The van der Waals surface area contributed by atoms with Crippen LogP contribution in [0.4, 0.5) is 11.5 Å². The van der Waals surface area contributed by atoms with E-state index in [1.54, 1.807) is 12.3 Å². The van der Waals surface area contributed by atoms with E-state index in [0.29, 0.717) is 12.0 Å². The van der Waals surface area contributed by atoms with Gasteiger partial charge in [0.2, 0.25) is 0 Å². The van der Waals surface area contributed by atoms with Gasteiger partial charge in [-0.3, -0.25) is 4.79 Å². The van der Waals surface area contributed by atoms with Crippen LogP contribution in [-0.2, 0) is 0 Å². The third kappa shape index (κ3) is 2.91. The predicted octanol–water partition coefficient (Wildman–Crippen LogP) is 4.69. The molecule has 6 heteroatoms. The quantitative estimate of drug-likeness (QED) is 0.543. The molecule has 4 aromatic rings. The van der Waals surface area contributed by atoms with Crippen molar-refractivity contribution in [3.8, 4) is 5.69 Å². The van der Waals surface area contributed by atoms with Crippen molar-refractivity contribution < 1.29 is 0 Å². The van der Waals surface area contributed by atoms with Gasteiger partial charge in [-0.15, -0.1) is 0 Å². The fourth-order valence-corrected chi connectivity index (χ4v) is 5.36. The zero-order valence-corrected chi connectivity index (χ0v) is 16.6. The summed E-state index contributed by atoms with van der Waals surface area (Å²) in [7, 11) is 0. The monoisotopic (exact) mass is 397 g/mol. The average Bonchev–Trinajstić information content (AvgIpc) is 3.53. The number of nitrogens with one attached hydrogen (secondary N) is 1. The van der Waals surface area contributed by atoms with Crippen molar-refractivity contribution in [3.63, 3.8) is 0 Å². The Morgan fingerprint density at radius 3 is 2.67 bits per heavy atom. The van der Waals surface area contributed by atoms with E-state index >= 15 is 0 Å². The van der Waals surface area contributed by atoms with Crippen molar-refractivity contribution >= 4 is 22.4 Å². The van der Waals surface area contributed by atoms with Gasteiger partial charge in [0.05, 0.1) is 11.2 Å². The molecule has 150 valence electrons. The van der Waals surface area contributed by atoms with Gasteiger partial charge < -0.3 is 9.88 Å². The number of benzene rings is 1. The van der Waals surface area contributed by atoms with E-state index in [1.165, 1.54) is 19.3 Å². The molecule has 2 fully saturated rings. The zero-order valence-electron chi connectivity index (χ0n) is 16.6. The average molecular weight is 397 g/mol. The minimum absolute atomic E-state index is 0.0979. The van der Waals surface area contributed by atoms with Crippen LogP contribution in [0.2, 0.25) is 0 Å². The van der Waals surface area contributed by atoms with Crippen LogP contribution in [0.25, 0.3) is 16.6 Å². The van der Waals surface area contributed by atoms with Crippen molar-refractivity contribution in [2.24, 2.45) is 11.8 Å². The molecule has 2 saturated carbocycles. The fraction of sp³-hybridized carbons (Fsp3) is 0.292. The van der Waals surface area contributed by atoms with Gasteiger partial charge in [-0.05, 0) is 67.5 Å². The molecule has 0 amide bonds. The van der Waals surface area contributed by atoms with Crippen molar-refractivity contribution in [2.75, 3.05) is 5.32 Å². The van der Waals surface area contributed by atoms with Gasteiger partial charge in [-0.1, -0.05) is 6.42 Å². The van der Waals surface area contributed by atoms with E-state index < -0.39 is 0 Å². The number of hydrogen-bond donors (Lipinski definition) is 1. The molecule has 3 heterocycles. The minimum atomic E-state index is 0.0979. The Morgan fingerprint density at radius 1 is 1.03 bits per heavy atom. The van der Waals surface area contributed by atoms with Crippen LogP contribution >= 0.6 is 0 Å². The van der Waals surface area contributed by atoms with E-state index in [-0.39, 0.29) is 5.56 Å². The van der Waals surface area contributed by atoms with Crippen LogP contribution in [0, 0.1) is 11.8 Å². The standard InChI is InChI=1S/C24H23N5O/c30-24-9-4-18-15-25-23(14-22(18)29(24)21-13-16-2-3-17(21)12-16)27-19-5-7-20(8-6-19)28-11-1-10-26-28/h1,4-11,14-17,21H,2-3,12-13H2,(H,25,27). The van der Waals surface area contributed by atoms with Crippen LogP contribution in [0.15, 0.2) is 71.9 Å². The van der Waals surface area contributed by atoms with E-state index in [4.69, 9.17) is 0 Å². The van der Waals surface area contributed by atoms with Crippen molar-refractivity contribution in [1.82, 2.24) is 19.3 Å². The van der Waals surface area contributed by atoms with E-state index in [2.05, 4.69) is 15.4 Å². The third-order valence-electron chi connectivity index (χ3n) is 6.76. The van der Waals surface area contributed by atoms with Gasteiger partial charge in [0.1, 0.15) is 5.82 Å². The van der Waals surface area contributed by atoms with Crippen LogP contribution in [-0.4, -0.2) is 19.3 Å². The minimum Gasteiger partial charge on any atom is -0.340 e. The maximum Gasteiger partial charge on any atom is 0.251 e. The highest BCUT2D eigenvalue weighted by Crippen LogP contribution is 2.50. The SMILES string of the molecule is O=c1ccc2cnc(Nc3ccc(-n4cccn4)cc3)cc2n1C1CC2CCC1C2. The number of aromatic nitrogens is 4. The molecule has 2 aliphatic rings. The second-order valence-electron chi connectivity index (χ2n) is 8.53. The Kier molecular flexibility index (Phi) is 3.97. The molecule has 0 radical (unpaired) electrons. The Labute approximate surface area is 174 Å². The summed E-state index contributed by atoms with van der Waals surface area (Å²) < 4.78 is 3.86. The Balaban J connectivity index is 1.34. The lowest BCUT2D eigenvalue weighted by atomic mass is 9.94. The van der Waals surface area contributed by atoms with Gasteiger partial charge in [0.25, 0.3) is 5.56 Å². The summed E-state index contributed by atoms with van der Waals surface area (Å²) in [5.74, 6) is 2.17. The highest BCUT2D eigenvalue weighted by atomic mass is 16.1. The first-order valence-corrected chi connectivity index (χ1v) is 10.6. The Bertz CT molecular complexity index is 1260. The largest absolute Gasteiger partial charge is 0.340 e. The zero-order chi connectivity index (χ0) is 20.1. The molecule has 6 nitrogen and oxygen atoms in total. The molecule has 2 aliphatic carbocycles. The molecule has 30 heavy (non-hydrogen) atoms. The lowest BCUT2D eigenvalue weighted by Crippen LogP contribution is -2.27. The lowest BCUT2D eigenvalue weighted by molar-refractivity contribution is 0.330. The van der Waals surface area contributed by atoms with Crippen LogP contribution in [0.1, 0.15) is 31.7 Å². The third-order valence-corrected chi connectivity index (χ3v) is 6.76. The molecule has 3 unspecified atom stereocenters. The number of nitrogens with zero attached hydrogens (tertiary/aromatic N) is 4. The molecule has 0 spiro atoms. The summed E-state index contributed by atoms with van der Waals surface area (Å²) in [6.07, 6.45) is 10.5. The first-order valence-electron chi connectivity index (χ1n) is 10.6. The molecule has 0 aliphatic heterocycles. The highest BCUT2D eigenvalue weighted by molar-refractivity contribution is 5.81. The molecule has 0 saturated heterocycles. The van der Waals surface area contributed by atoms with E-state index in [9.17, 15) is 4.79 Å². The normalized spacial score (nSPS) is 22.6. The topological polar surface area (TPSA) is 64.7 Å². The molecule has 3 atom stereocenters. The molecule has 1 N–H and O–H groups in total. The maximum atomic E-state index is 12.8. The van der Waals surface area contributed by atoms with Crippen LogP contribution in [0.3, 0.4) is 0 Å². The number of hydrogen-bond acceptors (Lipinski definition) is 4. The smallest absolute Gasteiger partial charge is 0.251 e. The first kappa shape index (κ1) is 17.4. The highest BCUT2D eigenvalue weighted by Gasteiger charge is 2.41. The number of pyridine rings is 2. The molecule has 3 aromatic heterocycles. The van der Waals surface area contributed by atoms with Gasteiger partial charge >= 0.3 is 0 Å². The Hall–Kier alpha value is -3.41. The summed E-state index contributed by atoms with van der Waals surface area (Å²) in [5, 5.41) is 8.65. The number of fused-ring (bicyclic) bond motifs is 3. The van der Waals surface area contributed by atoms with Crippen LogP contribution < -0.4 is 10.9 Å². The lowest BCUT2D eigenvalue weighted by Gasteiger charge is -2.25. The van der Waals surface area contributed by atoms with Gasteiger partial charge in [0.15, 0.2) is 0 Å². The first-order chi connectivity index (χ1) is 14.7. The van der Waals surface area contributed by atoms with Gasteiger partial charge in [-0.2, -0.15) is 5.10 Å². The number of rotatable bonds is 4. The predicted molar refractivity (Wildman–Crippen MR) is 117 cm³/mol. The molecule has 6 rings (SSSR count). The van der Waals surface area contributed by atoms with Gasteiger partial charge in [0, 0.05) is 47.8 Å². The summed E-state index contributed by atoms with van der Waals surface area (Å²) in [4.78, 5) is 17.4. The van der Waals surface area contributed by atoms with Gasteiger partial charge in [-0.25, -0.2) is 9.67 Å². The maximum absolute atomic E-state index is 12.8. The van der Waals surface area contributed by atoms with Crippen molar-refractivity contribution in [2.45, 2.75) is 31.7 Å². The summed E-state index contributed by atoms with van der Waals surface area (Å²) in [5.41, 5.74) is 3.02.